The van der Waals surface area contributed by atoms with E-state index in [1.54, 1.807) is 40.5 Å². The molecule has 0 bridgehead atoms. The summed E-state index contributed by atoms with van der Waals surface area (Å²) in [7, 11) is 3.64. The number of aryl methyl sites for hydroxylation is 3. The smallest absolute Gasteiger partial charge is 0.330 e. The summed E-state index contributed by atoms with van der Waals surface area (Å²) in [5, 5.41) is 0. The number of nitrogens with zero attached hydrogens (tertiary/aromatic N) is 4. The molecule has 0 radical (unpaired) electrons. The van der Waals surface area contributed by atoms with Crippen molar-refractivity contribution in [3.8, 4) is 22.8 Å². The predicted molar refractivity (Wildman–Crippen MR) is 167 cm³/mol. The van der Waals surface area contributed by atoms with Crippen molar-refractivity contribution in [1.82, 2.24) is 14.0 Å². The van der Waals surface area contributed by atoms with Gasteiger partial charge >= 0.3 is 5.69 Å². The van der Waals surface area contributed by atoms with Crippen molar-refractivity contribution < 1.29 is 19.1 Å². The van der Waals surface area contributed by atoms with Crippen LogP contribution in [0.2, 0.25) is 0 Å². The second-order valence-electron chi connectivity index (χ2n) is 11.0. The Morgan fingerprint density at radius 2 is 1.56 bits per heavy atom. The average Bonchev–Trinajstić information content (AvgIpc) is 3.23. The Labute approximate surface area is 250 Å². The molecule has 2 amide bonds. The summed E-state index contributed by atoms with van der Waals surface area (Å²) in [4.78, 5) is 46.6. The summed E-state index contributed by atoms with van der Waals surface area (Å²) in [5.41, 5.74) is 7.51. The van der Waals surface area contributed by atoms with Crippen LogP contribution in [0.25, 0.3) is 11.3 Å². The van der Waals surface area contributed by atoms with Crippen LogP contribution in [0.5, 0.6) is 11.5 Å². The molecule has 0 N–H and O–H groups in total. The van der Waals surface area contributed by atoms with E-state index in [4.69, 9.17) is 14.5 Å². The van der Waals surface area contributed by atoms with Crippen LogP contribution in [0, 0.1) is 13.8 Å². The number of aromatic nitrogens is 2. The summed E-state index contributed by atoms with van der Waals surface area (Å²) >= 11 is 0. The first kappa shape index (κ1) is 28.3. The molecular formula is C33H33BN4O5. The molecule has 0 spiro atoms. The summed E-state index contributed by atoms with van der Waals surface area (Å²) in [6, 6.07) is 16.7. The maximum Gasteiger partial charge on any atom is 0.330 e. The highest BCUT2D eigenvalue weighted by molar-refractivity contribution is 6.32. The Hall–Kier alpha value is -4.86. The Kier molecular flexibility index (Phi) is 7.29. The van der Waals surface area contributed by atoms with E-state index in [0.29, 0.717) is 47.7 Å². The topological polar surface area (TPSA) is 95.1 Å². The molecular weight excluding hydrogens is 543 g/mol. The second kappa shape index (κ2) is 11.1. The number of hydrogen-bond acceptors (Lipinski definition) is 6. The molecule has 4 aromatic rings. The molecule has 0 unspecified atom stereocenters. The van der Waals surface area contributed by atoms with Gasteiger partial charge in [0.2, 0.25) is 0 Å². The lowest BCUT2D eigenvalue weighted by Crippen LogP contribution is -2.45. The van der Waals surface area contributed by atoms with Gasteiger partial charge in [0.25, 0.3) is 11.8 Å². The van der Waals surface area contributed by atoms with Gasteiger partial charge in [-0.15, -0.1) is 0 Å². The van der Waals surface area contributed by atoms with Crippen LogP contribution < -0.4 is 26.1 Å². The summed E-state index contributed by atoms with van der Waals surface area (Å²) in [5.74, 6) is 0.554. The van der Waals surface area contributed by atoms with Gasteiger partial charge in [0.1, 0.15) is 13.3 Å². The normalized spacial score (nSPS) is 14.0. The number of hydrogen-bond donors (Lipinski definition) is 0. The highest BCUT2D eigenvalue weighted by atomic mass is 16.5. The van der Waals surface area contributed by atoms with Gasteiger partial charge in [-0.1, -0.05) is 29.7 Å². The van der Waals surface area contributed by atoms with E-state index >= 15 is 0 Å². The van der Waals surface area contributed by atoms with Gasteiger partial charge in [0.15, 0.2) is 11.5 Å². The molecule has 3 heterocycles. The van der Waals surface area contributed by atoms with Gasteiger partial charge in [0.05, 0.1) is 36.2 Å². The zero-order valence-electron chi connectivity index (χ0n) is 25.1. The maximum atomic E-state index is 14.2. The van der Waals surface area contributed by atoms with Crippen molar-refractivity contribution in [2.75, 3.05) is 20.3 Å². The van der Waals surface area contributed by atoms with Crippen molar-refractivity contribution in [1.29, 1.82) is 0 Å². The van der Waals surface area contributed by atoms with Crippen molar-refractivity contribution >= 4 is 30.8 Å². The fourth-order valence-corrected chi connectivity index (χ4v) is 6.18. The van der Waals surface area contributed by atoms with E-state index in [1.165, 1.54) is 4.90 Å². The van der Waals surface area contributed by atoms with E-state index in [-0.39, 0.29) is 30.6 Å². The minimum atomic E-state index is -0.353. The number of carbonyl (C=O) groups excluding carboxylic acids is 2. The fraction of sp³-hybridized carbons (Fsp3) is 0.273. The number of rotatable bonds is 7. The number of fused-ring (bicyclic) bond motifs is 4. The summed E-state index contributed by atoms with van der Waals surface area (Å²) < 4.78 is 14.7. The Morgan fingerprint density at radius 1 is 0.884 bits per heavy atom. The van der Waals surface area contributed by atoms with Crippen molar-refractivity contribution in [2.45, 2.75) is 40.3 Å². The number of ether oxygens (including phenoxy) is 2. The molecule has 10 heteroatoms. The van der Waals surface area contributed by atoms with E-state index in [0.717, 1.165) is 39.1 Å². The predicted octanol–water partition coefficient (Wildman–Crippen LogP) is 2.68. The third kappa shape index (κ3) is 4.86. The minimum Gasteiger partial charge on any atom is -0.493 e. The molecule has 218 valence electrons. The van der Waals surface area contributed by atoms with Gasteiger partial charge in [-0.2, -0.15) is 0 Å². The van der Waals surface area contributed by atoms with E-state index in [1.807, 2.05) is 46.8 Å². The Bertz CT molecular complexity index is 1880. The first-order valence-corrected chi connectivity index (χ1v) is 14.5. The first-order valence-electron chi connectivity index (χ1n) is 14.5. The minimum absolute atomic E-state index is 0.0438. The number of amides is 2. The van der Waals surface area contributed by atoms with Crippen LogP contribution in [-0.2, 0) is 19.5 Å². The monoisotopic (exact) mass is 576 g/mol. The zero-order chi connectivity index (χ0) is 30.4. The average molecular weight is 576 g/mol. The third-order valence-corrected chi connectivity index (χ3v) is 8.15. The van der Waals surface area contributed by atoms with E-state index in [2.05, 4.69) is 12.1 Å². The largest absolute Gasteiger partial charge is 0.493 e. The highest BCUT2D eigenvalue weighted by Crippen LogP contribution is 2.38. The highest BCUT2D eigenvalue weighted by Gasteiger charge is 2.35. The number of methoxy groups -OCH3 is 1. The molecule has 9 nitrogen and oxygen atoms in total. The molecule has 3 aromatic carbocycles. The summed E-state index contributed by atoms with van der Waals surface area (Å²) in [6.07, 6.45) is 0.636. The van der Waals surface area contributed by atoms with Crippen LogP contribution in [0.3, 0.4) is 0 Å². The quantitative estimate of drug-likeness (QED) is 0.249. The molecule has 43 heavy (non-hydrogen) atoms. The zero-order valence-corrected chi connectivity index (χ0v) is 25.1. The standard InChI is InChI=1S/C33H33BN4O5/c1-5-43-28-16-21-10-11-36-26(25(21)17-27(28)42-4)18-29(35-30-19(2)14-22(34)15-20(30)3)37(33(36)41)12-13-38-31(39)23-8-6-7-9-24(23)32(38)40/h6-9,14-18H,5,10-13,34H2,1-4H3/b35-29+. The van der Waals surface area contributed by atoms with E-state index in [9.17, 15) is 14.4 Å². The third-order valence-electron chi connectivity index (χ3n) is 8.15. The lowest BCUT2D eigenvalue weighted by Gasteiger charge is -2.25. The second-order valence-corrected chi connectivity index (χ2v) is 11.0. The van der Waals surface area contributed by atoms with Crippen LogP contribution >= 0.6 is 0 Å². The molecule has 2 aliphatic rings. The van der Waals surface area contributed by atoms with Gasteiger partial charge < -0.3 is 9.47 Å². The van der Waals surface area contributed by atoms with Crippen LogP contribution in [0.4, 0.5) is 5.69 Å². The summed E-state index contributed by atoms with van der Waals surface area (Å²) in [6.45, 7) is 7.06. The lowest BCUT2D eigenvalue weighted by atomic mass is 9.91. The van der Waals surface area contributed by atoms with Crippen molar-refractivity contribution in [3.63, 3.8) is 0 Å². The molecule has 1 aromatic heterocycles. The molecule has 0 atom stereocenters. The molecule has 0 saturated carbocycles. The maximum absolute atomic E-state index is 14.2. The Morgan fingerprint density at radius 3 is 2.19 bits per heavy atom. The van der Waals surface area contributed by atoms with Crippen molar-refractivity contribution in [2.24, 2.45) is 4.99 Å². The van der Waals surface area contributed by atoms with Crippen LogP contribution in [0.15, 0.2) is 64.4 Å². The first-order chi connectivity index (χ1) is 20.7. The van der Waals surface area contributed by atoms with Crippen LogP contribution in [0.1, 0.15) is 44.3 Å². The molecule has 0 saturated heterocycles. The van der Waals surface area contributed by atoms with Gasteiger partial charge in [-0.25, -0.2) is 9.79 Å². The lowest BCUT2D eigenvalue weighted by molar-refractivity contribution is 0.0647. The number of imide groups is 1. The fourth-order valence-electron chi connectivity index (χ4n) is 6.18. The van der Waals surface area contributed by atoms with Crippen LogP contribution in [-0.4, -0.2) is 54.0 Å². The molecule has 0 fully saturated rings. The molecule has 0 aliphatic carbocycles. The van der Waals surface area contributed by atoms with Gasteiger partial charge in [0, 0.05) is 31.3 Å². The SMILES string of the molecule is Bc1cc(C)c(/N=c2\cc3n(c(=O)n2CCN2C(=O)c4ccccc4C2=O)CCc2cc(OCC)c(OC)cc2-3)c(C)c1. The van der Waals surface area contributed by atoms with Gasteiger partial charge in [-0.05, 0) is 68.1 Å². The molecule has 2 aliphatic heterocycles. The number of benzene rings is 3. The molecule has 6 rings (SSSR count). The Balaban J connectivity index is 1.50. The van der Waals surface area contributed by atoms with E-state index < -0.39 is 0 Å². The number of carbonyl (C=O) groups is 2. The van der Waals surface area contributed by atoms with Crippen molar-refractivity contribution in [3.05, 3.63) is 98.4 Å². The van der Waals surface area contributed by atoms with Gasteiger partial charge in [-0.3, -0.25) is 23.6 Å².